The summed E-state index contributed by atoms with van der Waals surface area (Å²) < 4.78 is 1.89. The number of rotatable bonds is 8. The molecule has 1 fully saturated rings. The van der Waals surface area contributed by atoms with E-state index in [4.69, 9.17) is 4.98 Å². The standard InChI is InChI=1S/C24H29N5O2S/c1-27(2)22(30)13-8-15-28-14-6-12-21(28)23(31)26-24-25-19(17-32-24)20-11-7-16-29(20)18-9-4-3-5-10-18/h3-6,9-10,12,14,17,20H,7-8,11,13,15-16H2,1-2H3,(H,25,26,31). The summed E-state index contributed by atoms with van der Waals surface area (Å²) >= 11 is 1.46. The zero-order valence-electron chi connectivity index (χ0n) is 18.5. The number of thiazole rings is 1. The van der Waals surface area contributed by atoms with Gasteiger partial charge in [0.25, 0.3) is 5.91 Å². The Morgan fingerprint density at radius 3 is 2.78 bits per heavy atom. The summed E-state index contributed by atoms with van der Waals surface area (Å²) in [6, 6.07) is 14.3. The molecule has 168 valence electrons. The van der Waals surface area contributed by atoms with Crippen LogP contribution in [0.3, 0.4) is 0 Å². The molecule has 1 saturated heterocycles. The molecule has 1 atom stereocenters. The molecule has 2 amide bonds. The topological polar surface area (TPSA) is 70.5 Å². The summed E-state index contributed by atoms with van der Waals surface area (Å²) in [6.07, 6.45) is 5.20. The molecule has 0 bridgehead atoms. The molecule has 7 nitrogen and oxygen atoms in total. The highest BCUT2D eigenvalue weighted by molar-refractivity contribution is 7.14. The molecule has 3 aromatic rings. The average Bonchev–Trinajstić information content (AvgIpc) is 3.54. The number of nitrogens with zero attached hydrogens (tertiary/aromatic N) is 4. The average molecular weight is 452 g/mol. The zero-order valence-corrected chi connectivity index (χ0v) is 19.3. The van der Waals surface area contributed by atoms with Gasteiger partial charge in [0.15, 0.2) is 5.13 Å². The van der Waals surface area contributed by atoms with Crippen LogP contribution in [-0.2, 0) is 11.3 Å². The first-order valence-corrected chi connectivity index (χ1v) is 11.8. The Morgan fingerprint density at radius 2 is 2.00 bits per heavy atom. The molecule has 8 heteroatoms. The minimum absolute atomic E-state index is 0.0925. The molecule has 1 aromatic carbocycles. The molecular weight excluding hydrogens is 422 g/mol. The van der Waals surface area contributed by atoms with Crippen molar-refractivity contribution in [2.45, 2.75) is 38.3 Å². The molecule has 0 aliphatic carbocycles. The molecule has 0 radical (unpaired) electrons. The van der Waals surface area contributed by atoms with E-state index in [-0.39, 0.29) is 17.9 Å². The van der Waals surface area contributed by atoms with Crippen LogP contribution in [0.25, 0.3) is 0 Å². The first-order valence-electron chi connectivity index (χ1n) is 11.0. The van der Waals surface area contributed by atoms with Gasteiger partial charge in [-0.05, 0) is 43.5 Å². The van der Waals surface area contributed by atoms with E-state index in [9.17, 15) is 9.59 Å². The van der Waals surface area contributed by atoms with Crippen LogP contribution < -0.4 is 10.2 Å². The van der Waals surface area contributed by atoms with Gasteiger partial charge in [-0.2, -0.15) is 0 Å². The van der Waals surface area contributed by atoms with Gasteiger partial charge in [0.2, 0.25) is 5.91 Å². The van der Waals surface area contributed by atoms with E-state index in [1.54, 1.807) is 25.1 Å². The van der Waals surface area contributed by atoms with Crippen LogP contribution in [0.2, 0.25) is 0 Å². The third-order valence-electron chi connectivity index (χ3n) is 5.78. The summed E-state index contributed by atoms with van der Waals surface area (Å²) in [4.78, 5) is 33.4. The van der Waals surface area contributed by atoms with Gasteiger partial charge in [0.05, 0.1) is 11.7 Å². The highest BCUT2D eigenvalue weighted by Crippen LogP contribution is 2.37. The summed E-state index contributed by atoms with van der Waals surface area (Å²) in [5.74, 6) is -0.0869. The predicted octanol–water partition coefficient (Wildman–Crippen LogP) is 4.41. The van der Waals surface area contributed by atoms with Crippen molar-refractivity contribution in [1.29, 1.82) is 0 Å². The number of carbonyl (C=O) groups is 2. The lowest BCUT2D eigenvalue weighted by Crippen LogP contribution is -2.23. The molecule has 4 rings (SSSR count). The smallest absolute Gasteiger partial charge is 0.274 e. The van der Waals surface area contributed by atoms with Crippen molar-refractivity contribution >= 4 is 34.0 Å². The molecule has 2 aromatic heterocycles. The molecule has 1 aliphatic heterocycles. The van der Waals surface area contributed by atoms with Crippen molar-refractivity contribution in [2.75, 3.05) is 30.9 Å². The lowest BCUT2D eigenvalue weighted by atomic mass is 10.1. The van der Waals surface area contributed by atoms with Crippen LogP contribution in [0.4, 0.5) is 10.8 Å². The van der Waals surface area contributed by atoms with Crippen LogP contribution in [0.5, 0.6) is 0 Å². The van der Waals surface area contributed by atoms with E-state index < -0.39 is 0 Å². The largest absolute Gasteiger partial charge is 0.363 e. The number of aromatic nitrogens is 2. The molecule has 3 heterocycles. The fourth-order valence-corrected chi connectivity index (χ4v) is 4.85. The van der Waals surface area contributed by atoms with Crippen LogP contribution in [-0.4, -0.2) is 46.9 Å². The number of para-hydroxylation sites is 1. The fraction of sp³-hybridized carbons (Fsp3) is 0.375. The van der Waals surface area contributed by atoms with Crippen molar-refractivity contribution in [1.82, 2.24) is 14.5 Å². The number of hydrogen-bond donors (Lipinski definition) is 1. The summed E-state index contributed by atoms with van der Waals surface area (Å²) in [6.45, 7) is 1.63. The minimum atomic E-state index is -0.179. The van der Waals surface area contributed by atoms with Crippen molar-refractivity contribution in [3.8, 4) is 0 Å². The SMILES string of the molecule is CN(C)C(=O)CCCn1cccc1C(=O)Nc1nc(C2CCCN2c2ccccc2)cs1. The second kappa shape index (κ2) is 9.99. The van der Waals surface area contributed by atoms with Gasteiger partial charge in [-0.25, -0.2) is 4.98 Å². The van der Waals surface area contributed by atoms with Crippen LogP contribution in [0.15, 0.2) is 54.0 Å². The van der Waals surface area contributed by atoms with Crippen LogP contribution >= 0.6 is 11.3 Å². The van der Waals surface area contributed by atoms with Crippen molar-refractivity contribution < 1.29 is 9.59 Å². The van der Waals surface area contributed by atoms with Gasteiger partial charge in [0.1, 0.15) is 5.69 Å². The van der Waals surface area contributed by atoms with Gasteiger partial charge in [-0.1, -0.05) is 18.2 Å². The molecule has 0 spiro atoms. The quantitative estimate of drug-likeness (QED) is 0.551. The summed E-state index contributed by atoms with van der Waals surface area (Å²) in [5, 5.41) is 5.62. The molecule has 1 unspecified atom stereocenters. The third kappa shape index (κ3) is 5.02. The van der Waals surface area contributed by atoms with Crippen molar-refractivity contribution in [3.63, 3.8) is 0 Å². The monoisotopic (exact) mass is 451 g/mol. The zero-order chi connectivity index (χ0) is 22.5. The number of amides is 2. The Labute approximate surface area is 192 Å². The fourth-order valence-electron chi connectivity index (χ4n) is 4.10. The molecule has 0 saturated carbocycles. The number of carbonyl (C=O) groups excluding carboxylic acids is 2. The highest BCUT2D eigenvalue weighted by Gasteiger charge is 2.28. The minimum Gasteiger partial charge on any atom is -0.363 e. The van der Waals surface area contributed by atoms with Gasteiger partial charge >= 0.3 is 0 Å². The Kier molecular flexibility index (Phi) is 6.90. The summed E-state index contributed by atoms with van der Waals surface area (Å²) in [5.41, 5.74) is 2.79. The third-order valence-corrected chi connectivity index (χ3v) is 6.55. The summed E-state index contributed by atoms with van der Waals surface area (Å²) in [7, 11) is 3.51. The number of anilines is 2. The normalized spacial score (nSPS) is 15.7. The van der Waals surface area contributed by atoms with E-state index in [1.807, 2.05) is 28.3 Å². The Morgan fingerprint density at radius 1 is 1.19 bits per heavy atom. The van der Waals surface area contributed by atoms with E-state index in [0.717, 1.165) is 25.1 Å². The van der Waals surface area contributed by atoms with E-state index in [0.29, 0.717) is 30.2 Å². The first kappa shape index (κ1) is 22.1. The maximum atomic E-state index is 12.9. The van der Waals surface area contributed by atoms with Crippen LogP contribution in [0.1, 0.15) is 47.9 Å². The van der Waals surface area contributed by atoms with Crippen molar-refractivity contribution in [3.05, 3.63) is 65.4 Å². The van der Waals surface area contributed by atoms with Gasteiger partial charge in [-0.15, -0.1) is 11.3 Å². The number of nitrogens with one attached hydrogen (secondary N) is 1. The maximum absolute atomic E-state index is 12.9. The highest BCUT2D eigenvalue weighted by atomic mass is 32.1. The Bertz CT molecular complexity index is 1060. The van der Waals surface area contributed by atoms with E-state index >= 15 is 0 Å². The van der Waals surface area contributed by atoms with Gasteiger partial charge < -0.3 is 14.4 Å². The number of aryl methyl sites for hydroxylation is 1. The van der Waals surface area contributed by atoms with Gasteiger partial charge in [0, 0.05) is 50.9 Å². The molecule has 1 aliphatic rings. The maximum Gasteiger partial charge on any atom is 0.274 e. The lowest BCUT2D eigenvalue weighted by Gasteiger charge is -2.25. The predicted molar refractivity (Wildman–Crippen MR) is 128 cm³/mol. The second-order valence-corrected chi connectivity index (χ2v) is 9.06. The first-order chi connectivity index (χ1) is 15.5. The van der Waals surface area contributed by atoms with E-state index in [2.05, 4.69) is 34.5 Å². The number of benzene rings is 1. The van der Waals surface area contributed by atoms with Crippen LogP contribution in [0, 0.1) is 0 Å². The van der Waals surface area contributed by atoms with Gasteiger partial charge in [-0.3, -0.25) is 14.9 Å². The Hall–Kier alpha value is -3.13. The Balaban J connectivity index is 1.38. The molecule has 32 heavy (non-hydrogen) atoms. The van der Waals surface area contributed by atoms with Crippen molar-refractivity contribution in [2.24, 2.45) is 0 Å². The van der Waals surface area contributed by atoms with E-state index in [1.165, 1.54) is 17.0 Å². The second-order valence-electron chi connectivity index (χ2n) is 8.20. The lowest BCUT2D eigenvalue weighted by molar-refractivity contribution is -0.128. The number of hydrogen-bond acceptors (Lipinski definition) is 5. The molecular formula is C24H29N5O2S. The molecule has 1 N–H and O–H groups in total.